The van der Waals surface area contributed by atoms with E-state index in [1.807, 2.05) is 13.8 Å². The third kappa shape index (κ3) is 7.65. The molecule has 0 N–H and O–H groups in total. The fourth-order valence-electron chi connectivity index (χ4n) is 3.86. The summed E-state index contributed by atoms with van der Waals surface area (Å²) in [5.74, 6) is -1.04. The first-order valence-electron chi connectivity index (χ1n) is 9.69. The Balaban J connectivity index is 0.000000260. The molecule has 0 aromatic carbocycles. The molecule has 0 bridgehead atoms. The van der Waals surface area contributed by atoms with Gasteiger partial charge in [0.05, 0.1) is 11.8 Å². The number of hydrogen-bond donors (Lipinski definition) is 0. The first-order chi connectivity index (χ1) is 11.8. The van der Waals surface area contributed by atoms with E-state index < -0.39 is 24.2 Å². The highest BCUT2D eigenvalue weighted by Crippen LogP contribution is 2.41. The van der Waals surface area contributed by atoms with Crippen molar-refractivity contribution in [3.8, 4) is 0 Å². The van der Waals surface area contributed by atoms with Crippen LogP contribution in [0.25, 0.3) is 0 Å². The van der Waals surface area contributed by atoms with Crippen LogP contribution in [-0.4, -0.2) is 36.4 Å². The number of alkyl halides is 6. The predicted octanol–water partition coefficient (Wildman–Crippen LogP) is 6.68. The molecule has 0 unspecified atom stereocenters. The fourth-order valence-corrected chi connectivity index (χ4v) is 3.86. The molecule has 2 fully saturated rings. The summed E-state index contributed by atoms with van der Waals surface area (Å²) in [6.07, 6.45) is -5.23. The minimum Gasteiger partial charge on any atom is -0.301 e. The van der Waals surface area contributed by atoms with Crippen molar-refractivity contribution in [3.05, 3.63) is 0 Å². The SMILES string of the molecule is CC(C)C1CCC(C(F)(F)F)CC1.CC(C)N1CCC(C(F)(F)F)CC1. The van der Waals surface area contributed by atoms with Crippen LogP contribution in [0, 0.1) is 23.7 Å². The van der Waals surface area contributed by atoms with E-state index in [9.17, 15) is 26.3 Å². The second-order valence-electron chi connectivity index (χ2n) is 8.34. The van der Waals surface area contributed by atoms with Crippen molar-refractivity contribution in [2.75, 3.05) is 13.1 Å². The van der Waals surface area contributed by atoms with E-state index in [4.69, 9.17) is 0 Å². The van der Waals surface area contributed by atoms with Crippen LogP contribution in [0.5, 0.6) is 0 Å². The maximum absolute atomic E-state index is 12.3. The van der Waals surface area contributed by atoms with Crippen molar-refractivity contribution in [1.29, 1.82) is 0 Å². The van der Waals surface area contributed by atoms with Crippen molar-refractivity contribution in [1.82, 2.24) is 4.90 Å². The van der Waals surface area contributed by atoms with Crippen LogP contribution in [0.3, 0.4) is 0 Å². The van der Waals surface area contributed by atoms with Gasteiger partial charge in [-0.2, -0.15) is 26.3 Å². The molecule has 156 valence electrons. The Morgan fingerprint density at radius 3 is 1.35 bits per heavy atom. The average molecular weight is 389 g/mol. The summed E-state index contributed by atoms with van der Waals surface area (Å²) in [5.41, 5.74) is 0. The summed E-state index contributed by atoms with van der Waals surface area (Å²) < 4.78 is 73.6. The number of likely N-dealkylation sites (tertiary alicyclic amines) is 1. The Morgan fingerprint density at radius 2 is 1.04 bits per heavy atom. The second kappa shape index (κ2) is 9.65. The lowest BCUT2D eigenvalue weighted by Crippen LogP contribution is -2.42. The molecule has 26 heavy (non-hydrogen) atoms. The zero-order chi connectivity index (χ0) is 20.1. The normalized spacial score (nSPS) is 26.8. The van der Waals surface area contributed by atoms with Crippen LogP contribution in [0.15, 0.2) is 0 Å². The maximum atomic E-state index is 12.3. The number of hydrogen-bond acceptors (Lipinski definition) is 1. The minimum absolute atomic E-state index is 0.266. The van der Waals surface area contributed by atoms with E-state index >= 15 is 0 Å². The first-order valence-corrected chi connectivity index (χ1v) is 9.69. The Morgan fingerprint density at radius 1 is 0.654 bits per heavy atom. The van der Waals surface area contributed by atoms with Gasteiger partial charge in [-0.3, -0.25) is 0 Å². The van der Waals surface area contributed by atoms with Crippen molar-refractivity contribution in [2.45, 2.75) is 84.6 Å². The molecular weight excluding hydrogens is 356 g/mol. The van der Waals surface area contributed by atoms with Gasteiger partial charge in [0.2, 0.25) is 0 Å². The van der Waals surface area contributed by atoms with Gasteiger partial charge in [0, 0.05) is 6.04 Å². The lowest BCUT2D eigenvalue weighted by atomic mass is 9.77. The van der Waals surface area contributed by atoms with Crippen LogP contribution in [-0.2, 0) is 0 Å². The van der Waals surface area contributed by atoms with E-state index in [-0.39, 0.29) is 12.8 Å². The lowest BCUT2D eigenvalue weighted by Gasteiger charge is -2.35. The van der Waals surface area contributed by atoms with Gasteiger partial charge in [-0.25, -0.2) is 0 Å². The molecule has 0 aromatic rings. The van der Waals surface area contributed by atoms with E-state index in [1.165, 1.54) is 0 Å². The second-order valence-corrected chi connectivity index (χ2v) is 8.34. The van der Waals surface area contributed by atoms with Crippen molar-refractivity contribution < 1.29 is 26.3 Å². The summed E-state index contributed by atoms with van der Waals surface area (Å²) in [7, 11) is 0. The van der Waals surface area contributed by atoms with Gasteiger partial charge in [-0.1, -0.05) is 13.8 Å². The largest absolute Gasteiger partial charge is 0.391 e. The van der Waals surface area contributed by atoms with Crippen LogP contribution in [0.2, 0.25) is 0 Å². The molecule has 0 radical (unpaired) electrons. The van der Waals surface area contributed by atoms with Crippen LogP contribution in [0.4, 0.5) is 26.3 Å². The van der Waals surface area contributed by atoms with Crippen LogP contribution in [0.1, 0.15) is 66.2 Å². The Hall–Kier alpha value is -0.460. The molecule has 7 heteroatoms. The van der Waals surface area contributed by atoms with Crippen molar-refractivity contribution >= 4 is 0 Å². The number of piperidine rings is 1. The molecule has 1 heterocycles. The monoisotopic (exact) mass is 389 g/mol. The first kappa shape index (κ1) is 23.6. The molecule has 1 nitrogen and oxygen atoms in total. The number of nitrogens with zero attached hydrogens (tertiary/aromatic N) is 1. The van der Waals surface area contributed by atoms with Gasteiger partial charge in [-0.15, -0.1) is 0 Å². The zero-order valence-electron chi connectivity index (χ0n) is 16.3. The van der Waals surface area contributed by atoms with Gasteiger partial charge in [0.25, 0.3) is 0 Å². The van der Waals surface area contributed by atoms with E-state index in [1.54, 1.807) is 0 Å². The Kier molecular flexibility index (Phi) is 8.75. The van der Waals surface area contributed by atoms with E-state index in [2.05, 4.69) is 18.7 Å². The quantitative estimate of drug-likeness (QED) is 0.476. The lowest BCUT2D eigenvalue weighted by molar-refractivity contribution is -0.186. The Labute approximate surface area is 153 Å². The molecule has 1 saturated heterocycles. The zero-order valence-corrected chi connectivity index (χ0v) is 16.3. The molecule has 0 aromatic heterocycles. The molecule has 0 atom stereocenters. The highest BCUT2D eigenvalue weighted by atomic mass is 19.4. The van der Waals surface area contributed by atoms with Gasteiger partial charge in [0.15, 0.2) is 0 Å². The number of halogens is 6. The molecule has 1 aliphatic carbocycles. The molecule has 1 aliphatic heterocycles. The smallest absolute Gasteiger partial charge is 0.301 e. The molecule has 2 rings (SSSR count). The molecule has 0 spiro atoms. The fraction of sp³-hybridized carbons (Fsp3) is 1.00. The maximum Gasteiger partial charge on any atom is 0.391 e. The van der Waals surface area contributed by atoms with Gasteiger partial charge in [-0.05, 0) is 77.3 Å². The van der Waals surface area contributed by atoms with Crippen molar-refractivity contribution in [2.24, 2.45) is 23.7 Å². The number of rotatable bonds is 2. The Bertz CT molecular complexity index is 348. The van der Waals surface area contributed by atoms with Gasteiger partial charge < -0.3 is 4.90 Å². The van der Waals surface area contributed by atoms with Crippen LogP contribution < -0.4 is 0 Å². The summed E-state index contributed by atoms with van der Waals surface area (Å²) in [6, 6.07) is 0.370. The van der Waals surface area contributed by atoms with E-state index in [0.717, 1.165) is 12.8 Å². The van der Waals surface area contributed by atoms with Gasteiger partial charge in [0.1, 0.15) is 0 Å². The molecule has 2 aliphatic rings. The molecular formula is C19H33F6N. The predicted molar refractivity (Wildman–Crippen MR) is 91.8 cm³/mol. The summed E-state index contributed by atoms with van der Waals surface area (Å²) >= 11 is 0. The molecule has 1 saturated carbocycles. The summed E-state index contributed by atoms with van der Waals surface area (Å²) in [5, 5.41) is 0. The average Bonchev–Trinajstić information content (AvgIpc) is 2.54. The topological polar surface area (TPSA) is 3.24 Å². The third-order valence-corrected chi connectivity index (χ3v) is 5.90. The van der Waals surface area contributed by atoms with Gasteiger partial charge >= 0.3 is 12.4 Å². The van der Waals surface area contributed by atoms with E-state index in [0.29, 0.717) is 43.8 Å². The van der Waals surface area contributed by atoms with Crippen molar-refractivity contribution in [3.63, 3.8) is 0 Å². The summed E-state index contributed by atoms with van der Waals surface area (Å²) in [6.45, 7) is 9.41. The minimum atomic E-state index is -3.98. The summed E-state index contributed by atoms with van der Waals surface area (Å²) in [4.78, 5) is 2.10. The highest BCUT2D eigenvalue weighted by molar-refractivity contribution is 4.79. The molecule has 0 amide bonds. The van der Waals surface area contributed by atoms with Crippen LogP contribution >= 0.6 is 0 Å². The third-order valence-electron chi connectivity index (χ3n) is 5.90. The standard InChI is InChI=1S/C10H17F3.C9H16F3N/c1-7(2)8-3-5-9(6-4-8)10(11,12)13;1-7(2)13-5-3-8(4-6-13)9(10,11)12/h7-9H,3-6H2,1-2H3;7-8H,3-6H2,1-2H3. The highest BCUT2D eigenvalue weighted by Gasteiger charge is 2.42.